The Bertz CT molecular complexity index is 617. The second kappa shape index (κ2) is 10.6. The summed E-state index contributed by atoms with van der Waals surface area (Å²) >= 11 is 0. The van der Waals surface area contributed by atoms with Crippen LogP contribution in [-0.4, -0.2) is 39.2 Å². The monoisotopic (exact) mass is 409 g/mol. The maximum absolute atomic E-state index is 12.7. The molecule has 1 aromatic rings. The SMILES string of the molecule is CC[Si](CC)(CC)O[C@@H](C(=O)OC)[C@@H](NC(=O)OC(C)(C)C)c1ccccc1. The summed E-state index contributed by atoms with van der Waals surface area (Å²) in [5.74, 6) is -0.503. The van der Waals surface area contributed by atoms with Gasteiger partial charge in [-0.15, -0.1) is 0 Å². The fourth-order valence-electron chi connectivity index (χ4n) is 3.07. The Labute approximate surface area is 170 Å². The Morgan fingerprint density at radius 1 is 1.04 bits per heavy atom. The molecule has 1 N–H and O–H groups in total. The van der Waals surface area contributed by atoms with Gasteiger partial charge in [-0.25, -0.2) is 9.59 Å². The molecule has 0 spiro atoms. The average molecular weight is 410 g/mol. The smallest absolute Gasteiger partial charge is 0.408 e. The van der Waals surface area contributed by atoms with E-state index in [9.17, 15) is 9.59 Å². The van der Waals surface area contributed by atoms with Gasteiger partial charge in [0, 0.05) is 0 Å². The van der Waals surface area contributed by atoms with Crippen LogP contribution in [0.2, 0.25) is 18.1 Å². The molecule has 0 aliphatic rings. The van der Waals surface area contributed by atoms with Crippen LogP contribution < -0.4 is 5.32 Å². The number of alkyl carbamates (subject to hydrolysis) is 1. The van der Waals surface area contributed by atoms with Gasteiger partial charge in [0.05, 0.1) is 13.2 Å². The van der Waals surface area contributed by atoms with Crippen molar-refractivity contribution in [3.05, 3.63) is 35.9 Å². The van der Waals surface area contributed by atoms with E-state index in [-0.39, 0.29) is 0 Å². The first-order valence-electron chi connectivity index (χ1n) is 9.91. The van der Waals surface area contributed by atoms with E-state index < -0.39 is 38.1 Å². The van der Waals surface area contributed by atoms with E-state index >= 15 is 0 Å². The summed E-state index contributed by atoms with van der Waals surface area (Å²) in [7, 11) is -0.811. The topological polar surface area (TPSA) is 73.9 Å². The highest BCUT2D eigenvalue weighted by atomic mass is 28.4. The highest BCUT2D eigenvalue weighted by molar-refractivity contribution is 6.73. The number of esters is 1. The summed E-state index contributed by atoms with van der Waals surface area (Å²) < 4.78 is 16.9. The largest absolute Gasteiger partial charge is 0.467 e. The van der Waals surface area contributed by atoms with Crippen molar-refractivity contribution in [1.82, 2.24) is 5.32 Å². The van der Waals surface area contributed by atoms with Crippen LogP contribution in [0.15, 0.2) is 30.3 Å². The lowest BCUT2D eigenvalue weighted by Gasteiger charge is -2.36. The van der Waals surface area contributed by atoms with Crippen LogP contribution in [0.25, 0.3) is 0 Å². The summed E-state index contributed by atoms with van der Waals surface area (Å²) in [6.07, 6.45) is -1.54. The Kier molecular flexibility index (Phi) is 9.17. The predicted octanol–water partition coefficient (Wildman–Crippen LogP) is 4.82. The second-order valence-corrected chi connectivity index (χ2v) is 12.6. The van der Waals surface area contributed by atoms with Crippen molar-refractivity contribution >= 4 is 20.4 Å². The quantitative estimate of drug-likeness (QED) is 0.468. The molecule has 0 radical (unpaired) electrons. The van der Waals surface area contributed by atoms with E-state index in [1.165, 1.54) is 7.11 Å². The first kappa shape index (κ1) is 24.2. The third-order valence-electron chi connectivity index (χ3n) is 4.88. The van der Waals surface area contributed by atoms with E-state index in [0.717, 1.165) is 23.7 Å². The molecule has 1 aromatic carbocycles. The maximum atomic E-state index is 12.7. The number of rotatable bonds is 9. The first-order chi connectivity index (χ1) is 13.1. The third kappa shape index (κ3) is 6.94. The third-order valence-corrected chi connectivity index (χ3v) is 9.50. The molecule has 2 atom stereocenters. The fraction of sp³-hybridized carbons (Fsp3) is 0.619. The predicted molar refractivity (Wildman–Crippen MR) is 113 cm³/mol. The summed E-state index contributed by atoms with van der Waals surface area (Å²) in [5, 5.41) is 2.84. The lowest BCUT2D eigenvalue weighted by molar-refractivity contribution is -0.151. The van der Waals surface area contributed by atoms with Crippen LogP contribution in [0.3, 0.4) is 0 Å². The molecule has 0 heterocycles. The second-order valence-electron chi connectivity index (χ2n) is 7.84. The number of hydrogen-bond acceptors (Lipinski definition) is 5. The summed E-state index contributed by atoms with van der Waals surface area (Å²) in [6.45, 7) is 11.6. The molecule has 6 nitrogen and oxygen atoms in total. The number of carbonyl (C=O) groups excluding carboxylic acids is 2. The minimum atomic E-state index is -2.15. The number of hydrogen-bond donors (Lipinski definition) is 1. The Morgan fingerprint density at radius 3 is 2.00 bits per heavy atom. The standard InChI is InChI=1S/C21H35NO5Si/c1-8-28(9-2,10-3)27-18(19(23)25-7)17(16-14-12-11-13-15-16)22-20(24)26-21(4,5)6/h11-15,17-18H,8-10H2,1-7H3,(H,22,24)/t17-,18+/m0/s1. The number of methoxy groups -OCH3 is 1. The number of ether oxygens (including phenoxy) is 2. The van der Waals surface area contributed by atoms with Crippen molar-refractivity contribution in [1.29, 1.82) is 0 Å². The van der Waals surface area contributed by atoms with Crippen molar-refractivity contribution < 1.29 is 23.5 Å². The minimum Gasteiger partial charge on any atom is -0.467 e. The number of amides is 1. The van der Waals surface area contributed by atoms with Crippen LogP contribution >= 0.6 is 0 Å². The van der Waals surface area contributed by atoms with Gasteiger partial charge in [-0.2, -0.15) is 0 Å². The highest BCUT2D eigenvalue weighted by Crippen LogP contribution is 2.29. The van der Waals surface area contributed by atoms with Gasteiger partial charge >= 0.3 is 12.1 Å². The van der Waals surface area contributed by atoms with Gasteiger partial charge in [0.25, 0.3) is 0 Å². The van der Waals surface area contributed by atoms with Gasteiger partial charge in [-0.3, -0.25) is 0 Å². The maximum Gasteiger partial charge on any atom is 0.408 e. The van der Waals surface area contributed by atoms with Crippen molar-refractivity contribution in [2.45, 2.75) is 77.4 Å². The van der Waals surface area contributed by atoms with E-state index in [4.69, 9.17) is 13.9 Å². The zero-order valence-electron chi connectivity index (χ0n) is 18.2. The molecular weight excluding hydrogens is 374 g/mol. The average Bonchev–Trinajstić information content (AvgIpc) is 2.67. The molecule has 0 aliphatic heterocycles. The normalized spacial score (nSPS) is 14.1. The van der Waals surface area contributed by atoms with E-state index in [1.54, 1.807) is 20.8 Å². The number of carbonyl (C=O) groups is 2. The van der Waals surface area contributed by atoms with Gasteiger partial charge in [0.15, 0.2) is 14.4 Å². The van der Waals surface area contributed by atoms with Crippen LogP contribution in [0.1, 0.15) is 53.1 Å². The molecule has 7 heteroatoms. The van der Waals surface area contributed by atoms with Crippen LogP contribution in [0, 0.1) is 0 Å². The molecule has 158 valence electrons. The molecule has 28 heavy (non-hydrogen) atoms. The lowest BCUT2D eigenvalue weighted by Crippen LogP contribution is -2.50. The van der Waals surface area contributed by atoms with Gasteiger partial charge in [-0.05, 0) is 44.5 Å². The number of benzene rings is 1. The zero-order chi connectivity index (χ0) is 21.4. The van der Waals surface area contributed by atoms with E-state index in [2.05, 4.69) is 26.1 Å². The van der Waals surface area contributed by atoms with E-state index in [1.807, 2.05) is 30.3 Å². The first-order valence-corrected chi connectivity index (χ1v) is 12.4. The fourth-order valence-corrected chi connectivity index (χ4v) is 5.84. The minimum absolute atomic E-state index is 0.503. The van der Waals surface area contributed by atoms with Gasteiger partial charge in [0.2, 0.25) is 0 Å². The summed E-state index contributed by atoms with van der Waals surface area (Å²) in [5.41, 5.74) is 0.108. The molecule has 0 aromatic heterocycles. The lowest BCUT2D eigenvalue weighted by atomic mass is 10.0. The van der Waals surface area contributed by atoms with E-state index in [0.29, 0.717) is 0 Å². The molecule has 0 unspecified atom stereocenters. The van der Waals surface area contributed by atoms with Crippen molar-refractivity contribution in [3.8, 4) is 0 Å². The Morgan fingerprint density at radius 2 is 1.57 bits per heavy atom. The molecule has 0 saturated heterocycles. The molecule has 0 fully saturated rings. The Hall–Kier alpha value is -1.86. The molecule has 0 aliphatic carbocycles. The molecule has 0 bridgehead atoms. The van der Waals surface area contributed by atoms with Crippen LogP contribution in [0.4, 0.5) is 4.79 Å². The molecule has 1 rings (SSSR count). The van der Waals surface area contributed by atoms with Crippen LogP contribution in [-0.2, 0) is 18.7 Å². The molecular formula is C21H35NO5Si. The highest BCUT2D eigenvalue weighted by Gasteiger charge is 2.41. The van der Waals surface area contributed by atoms with Crippen molar-refractivity contribution in [2.24, 2.45) is 0 Å². The van der Waals surface area contributed by atoms with Crippen LogP contribution in [0.5, 0.6) is 0 Å². The summed E-state index contributed by atoms with van der Waals surface area (Å²) in [4.78, 5) is 25.2. The Balaban J connectivity index is 3.31. The summed E-state index contributed by atoms with van der Waals surface area (Å²) in [6, 6.07) is 11.2. The van der Waals surface area contributed by atoms with Crippen molar-refractivity contribution in [2.75, 3.05) is 7.11 Å². The zero-order valence-corrected chi connectivity index (χ0v) is 19.2. The van der Waals surface area contributed by atoms with Gasteiger partial charge in [-0.1, -0.05) is 51.1 Å². The molecule has 1 amide bonds. The van der Waals surface area contributed by atoms with Gasteiger partial charge < -0.3 is 19.2 Å². The van der Waals surface area contributed by atoms with Gasteiger partial charge in [0.1, 0.15) is 5.60 Å². The van der Waals surface area contributed by atoms with Crippen molar-refractivity contribution in [3.63, 3.8) is 0 Å². The number of nitrogens with one attached hydrogen (secondary N) is 1. The molecule has 0 saturated carbocycles.